The Balaban J connectivity index is 1.66. The van der Waals surface area contributed by atoms with Gasteiger partial charge in [-0.3, -0.25) is 9.78 Å². The van der Waals surface area contributed by atoms with Crippen LogP contribution in [0.4, 0.5) is 0 Å². The molecule has 0 radical (unpaired) electrons. The fraction of sp³-hybridized carbons (Fsp3) is 0.375. The van der Waals surface area contributed by atoms with Crippen molar-refractivity contribution in [1.29, 1.82) is 0 Å². The lowest BCUT2D eigenvalue weighted by molar-refractivity contribution is -0.131. The lowest BCUT2D eigenvalue weighted by atomic mass is 10.2. The van der Waals surface area contributed by atoms with E-state index in [0.29, 0.717) is 18.5 Å². The van der Waals surface area contributed by atoms with E-state index in [0.717, 1.165) is 18.2 Å². The van der Waals surface area contributed by atoms with E-state index in [2.05, 4.69) is 4.98 Å². The predicted molar refractivity (Wildman–Crippen MR) is 84.9 cm³/mol. The zero-order chi connectivity index (χ0) is 16.0. The molecule has 1 aliphatic carbocycles. The number of sulfonamides is 1. The van der Waals surface area contributed by atoms with E-state index in [4.69, 9.17) is 0 Å². The highest BCUT2D eigenvalue weighted by atomic mass is 32.2. The van der Waals surface area contributed by atoms with Gasteiger partial charge in [-0.05, 0) is 25.0 Å². The molecule has 120 valence electrons. The number of hydrogen-bond acceptors (Lipinski definition) is 4. The lowest BCUT2D eigenvalue weighted by Gasteiger charge is -2.19. The predicted octanol–water partition coefficient (Wildman–Crippen LogP) is 1.44. The van der Waals surface area contributed by atoms with E-state index >= 15 is 0 Å². The van der Waals surface area contributed by atoms with Crippen molar-refractivity contribution in [3.05, 3.63) is 36.7 Å². The average molecular weight is 331 g/mol. The third kappa shape index (κ3) is 2.49. The standard InChI is InChI=1S/C16H17N3O3S/c20-16(12-4-5-12)18-8-9-19(11-18)23(21,22)15-3-1-2-13-10-17-7-6-14(13)15/h1-3,6-7,10,12H,4-5,8-9,11H2. The summed E-state index contributed by atoms with van der Waals surface area (Å²) >= 11 is 0. The number of hydrogen-bond donors (Lipinski definition) is 0. The minimum atomic E-state index is -3.63. The molecular formula is C16H17N3O3S. The van der Waals surface area contributed by atoms with Gasteiger partial charge in [0.05, 0.1) is 11.6 Å². The second kappa shape index (κ2) is 5.28. The van der Waals surface area contributed by atoms with Crippen molar-refractivity contribution in [1.82, 2.24) is 14.2 Å². The monoisotopic (exact) mass is 331 g/mol. The maximum atomic E-state index is 13.0. The summed E-state index contributed by atoms with van der Waals surface area (Å²) in [5.41, 5.74) is 0. The van der Waals surface area contributed by atoms with Crippen molar-refractivity contribution in [2.45, 2.75) is 17.7 Å². The van der Waals surface area contributed by atoms with Gasteiger partial charge in [0.2, 0.25) is 15.9 Å². The van der Waals surface area contributed by atoms with E-state index in [1.165, 1.54) is 4.31 Å². The summed E-state index contributed by atoms with van der Waals surface area (Å²) < 4.78 is 27.3. The van der Waals surface area contributed by atoms with Crippen LogP contribution in [0.5, 0.6) is 0 Å². The van der Waals surface area contributed by atoms with Gasteiger partial charge in [-0.15, -0.1) is 0 Å². The largest absolute Gasteiger partial charge is 0.327 e. The van der Waals surface area contributed by atoms with Crippen molar-refractivity contribution >= 4 is 26.7 Å². The Kier molecular flexibility index (Phi) is 3.35. The molecule has 0 unspecified atom stereocenters. The Morgan fingerprint density at radius 3 is 2.78 bits per heavy atom. The molecule has 6 nitrogen and oxygen atoms in total. The Hall–Kier alpha value is -1.99. The molecule has 1 aliphatic heterocycles. The molecule has 1 aromatic carbocycles. The molecule has 2 aromatic rings. The second-order valence-electron chi connectivity index (χ2n) is 6.05. The maximum absolute atomic E-state index is 13.0. The zero-order valence-corrected chi connectivity index (χ0v) is 13.4. The van der Waals surface area contributed by atoms with Gasteiger partial charge in [0.15, 0.2) is 0 Å². The number of nitrogens with zero attached hydrogens (tertiary/aromatic N) is 3. The van der Waals surface area contributed by atoms with Crippen LogP contribution < -0.4 is 0 Å². The molecule has 0 atom stereocenters. The first kappa shape index (κ1) is 14.6. The summed E-state index contributed by atoms with van der Waals surface area (Å²) in [5.74, 6) is 0.200. The normalized spacial score (nSPS) is 19.4. The first-order valence-corrected chi connectivity index (χ1v) is 9.13. The van der Waals surface area contributed by atoms with Gasteiger partial charge in [0.25, 0.3) is 0 Å². The Morgan fingerprint density at radius 2 is 2.00 bits per heavy atom. The van der Waals surface area contributed by atoms with Crippen LogP contribution in [0.1, 0.15) is 12.8 Å². The van der Waals surface area contributed by atoms with Gasteiger partial charge in [-0.2, -0.15) is 4.31 Å². The van der Waals surface area contributed by atoms with Crippen LogP contribution in [-0.2, 0) is 14.8 Å². The molecule has 2 fully saturated rings. The van der Waals surface area contributed by atoms with Gasteiger partial charge in [0.1, 0.15) is 0 Å². The van der Waals surface area contributed by atoms with E-state index < -0.39 is 10.0 Å². The fourth-order valence-electron chi connectivity index (χ4n) is 2.99. The first-order chi connectivity index (χ1) is 11.1. The van der Waals surface area contributed by atoms with Crippen LogP contribution in [0.25, 0.3) is 10.8 Å². The summed E-state index contributed by atoms with van der Waals surface area (Å²) in [7, 11) is -3.63. The molecule has 0 N–H and O–H groups in total. The summed E-state index contributed by atoms with van der Waals surface area (Å²) in [5, 5.41) is 1.45. The van der Waals surface area contributed by atoms with Crippen molar-refractivity contribution in [3.63, 3.8) is 0 Å². The summed E-state index contributed by atoms with van der Waals surface area (Å²) in [6.45, 7) is 0.974. The SMILES string of the molecule is O=C(C1CC1)N1CCN(S(=O)(=O)c2cccc3cnccc23)C1. The number of carbonyl (C=O) groups excluding carboxylic acids is 1. The molecule has 1 saturated carbocycles. The minimum Gasteiger partial charge on any atom is -0.327 e. The number of fused-ring (bicyclic) bond motifs is 1. The van der Waals surface area contributed by atoms with E-state index in [1.54, 1.807) is 35.5 Å². The average Bonchev–Trinajstić information content (AvgIpc) is 3.29. The van der Waals surface area contributed by atoms with E-state index in [1.807, 2.05) is 6.07 Å². The summed E-state index contributed by atoms with van der Waals surface area (Å²) in [6.07, 6.45) is 5.10. The third-order valence-electron chi connectivity index (χ3n) is 4.44. The van der Waals surface area contributed by atoms with Crippen molar-refractivity contribution in [3.8, 4) is 0 Å². The van der Waals surface area contributed by atoms with Crippen LogP contribution in [0.2, 0.25) is 0 Å². The number of amides is 1. The van der Waals surface area contributed by atoms with Crippen molar-refractivity contribution in [2.75, 3.05) is 19.8 Å². The number of benzene rings is 1. The molecule has 23 heavy (non-hydrogen) atoms. The highest BCUT2D eigenvalue weighted by Gasteiger charge is 2.39. The minimum absolute atomic E-state index is 0.0878. The van der Waals surface area contributed by atoms with Crippen molar-refractivity contribution < 1.29 is 13.2 Å². The quantitative estimate of drug-likeness (QED) is 0.853. The van der Waals surface area contributed by atoms with Crippen LogP contribution in [0.15, 0.2) is 41.6 Å². The van der Waals surface area contributed by atoms with Crippen LogP contribution in [0.3, 0.4) is 0 Å². The lowest BCUT2D eigenvalue weighted by Crippen LogP contribution is -2.34. The Labute approximate surface area is 134 Å². The second-order valence-corrected chi connectivity index (χ2v) is 7.96. The molecule has 7 heteroatoms. The number of carbonyl (C=O) groups is 1. The smallest absolute Gasteiger partial charge is 0.245 e. The molecular weight excluding hydrogens is 314 g/mol. The highest BCUT2D eigenvalue weighted by molar-refractivity contribution is 7.89. The van der Waals surface area contributed by atoms with Gasteiger partial charge < -0.3 is 4.90 Å². The molecule has 4 rings (SSSR count). The molecule has 2 aliphatic rings. The summed E-state index contributed by atoms with van der Waals surface area (Å²) in [4.78, 5) is 18.1. The molecule has 1 aromatic heterocycles. The van der Waals surface area contributed by atoms with Gasteiger partial charge in [-0.25, -0.2) is 8.42 Å². The van der Waals surface area contributed by atoms with Crippen molar-refractivity contribution in [2.24, 2.45) is 5.92 Å². The topological polar surface area (TPSA) is 70.6 Å². The van der Waals surface area contributed by atoms with E-state index in [-0.39, 0.29) is 23.4 Å². The van der Waals surface area contributed by atoms with Crippen LogP contribution in [-0.4, -0.2) is 48.3 Å². The van der Waals surface area contributed by atoms with Crippen LogP contribution in [0, 0.1) is 5.92 Å². The zero-order valence-electron chi connectivity index (χ0n) is 12.6. The molecule has 1 saturated heterocycles. The first-order valence-electron chi connectivity index (χ1n) is 7.69. The summed E-state index contributed by atoms with van der Waals surface area (Å²) in [6, 6.07) is 6.89. The third-order valence-corrected chi connectivity index (χ3v) is 6.33. The molecule has 2 heterocycles. The molecule has 1 amide bonds. The number of pyridine rings is 1. The van der Waals surface area contributed by atoms with Crippen LogP contribution >= 0.6 is 0 Å². The van der Waals surface area contributed by atoms with Gasteiger partial charge in [0, 0.05) is 42.2 Å². The maximum Gasteiger partial charge on any atom is 0.245 e. The number of rotatable bonds is 3. The molecule has 0 bridgehead atoms. The van der Waals surface area contributed by atoms with E-state index in [9.17, 15) is 13.2 Å². The number of aromatic nitrogens is 1. The molecule has 0 spiro atoms. The fourth-order valence-corrected chi connectivity index (χ4v) is 4.59. The van der Waals surface area contributed by atoms with Gasteiger partial charge in [-0.1, -0.05) is 12.1 Å². The Bertz CT molecular complexity index is 872. The Morgan fingerprint density at radius 1 is 1.17 bits per heavy atom. The highest BCUT2D eigenvalue weighted by Crippen LogP contribution is 2.33. The van der Waals surface area contributed by atoms with Gasteiger partial charge >= 0.3 is 0 Å².